The predicted molar refractivity (Wildman–Crippen MR) is 237 cm³/mol. The molecule has 59 heavy (non-hydrogen) atoms. The average Bonchev–Trinajstić information content (AvgIpc) is 4.03. The van der Waals surface area contributed by atoms with Crippen molar-refractivity contribution in [1.29, 1.82) is 0 Å². The third-order valence-electron chi connectivity index (χ3n) is 8.67. The van der Waals surface area contributed by atoms with Crippen LogP contribution in [0.1, 0.15) is 0 Å². The van der Waals surface area contributed by atoms with E-state index in [2.05, 4.69) is 94.2 Å². The number of anilines is 3. The third-order valence-corrected chi connectivity index (χ3v) is 12.9. The van der Waals surface area contributed by atoms with Crippen molar-refractivity contribution in [3.63, 3.8) is 0 Å². The number of sulfone groups is 2. The Labute approximate surface area is 350 Å². The van der Waals surface area contributed by atoms with Gasteiger partial charge in [-0.15, -0.1) is 22.7 Å². The van der Waals surface area contributed by atoms with Crippen LogP contribution in [-0.2, 0) is 19.7 Å². The zero-order chi connectivity index (χ0) is 41.3. The summed E-state index contributed by atoms with van der Waals surface area (Å²) in [5, 5.41) is 21.7. The molecule has 0 spiro atoms. The molecule has 19 heteroatoms. The first-order valence-electron chi connectivity index (χ1n) is 17.4. The molecule has 0 amide bonds. The Hall–Kier alpha value is -6.31. The van der Waals surface area contributed by atoms with E-state index in [1.165, 1.54) is 43.5 Å². The fourth-order valence-electron chi connectivity index (χ4n) is 6.06. The number of rotatable bonds is 6. The molecule has 14 nitrogen and oxygen atoms in total. The number of nitrogen functional groups attached to an aromatic ring is 1. The van der Waals surface area contributed by atoms with Gasteiger partial charge in [0.2, 0.25) is 30.0 Å². The van der Waals surface area contributed by atoms with E-state index in [0.29, 0.717) is 5.82 Å². The normalized spacial score (nSPS) is 11.6. The van der Waals surface area contributed by atoms with Gasteiger partial charge in [-0.3, -0.25) is 10.2 Å². The number of hydrogen-bond donors (Lipinski definition) is 4. The molecule has 0 saturated heterocycles. The zero-order valence-electron chi connectivity index (χ0n) is 31.0. The lowest BCUT2D eigenvalue weighted by Gasteiger charge is -2.09. The number of nitrogens with zero attached hydrogens (tertiary/aromatic N) is 6. The van der Waals surface area contributed by atoms with Gasteiger partial charge in [0.15, 0.2) is 0 Å². The van der Waals surface area contributed by atoms with Gasteiger partial charge < -0.3 is 11.1 Å². The molecule has 10 aromatic rings. The van der Waals surface area contributed by atoms with Crippen LogP contribution in [0.3, 0.4) is 0 Å². The third kappa shape index (κ3) is 8.91. The Bertz CT molecular complexity index is 3320. The van der Waals surface area contributed by atoms with E-state index in [4.69, 9.17) is 17.3 Å². The zero-order valence-corrected chi connectivity index (χ0v) is 35.0. The van der Waals surface area contributed by atoms with Crippen LogP contribution in [0, 0.1) is 0 Å². The van der Waals surface area contributed by atoms with Crippen LogP contribution < -0.4 is 11.1 Å². The summed E-state index contributed by atoms with van der Waals surface area (Å²) in [6, 6.07) is 31.9. The van der Waals surface area contributed by atoms with E-state index in [1.807, 2.05) is 42.6 Å². The van der Waals surface area contributed by atoms with E-state index in [9.17, 15) is 16.8 Å². The molecule has 6 heterocycles. The minimum absolute atomic E-state index is 0.125. The minimum atomic E-state index is -3.48. The minimum Gasteiger partial charge on any atom is -0.399 e. The Morgan fingerprint density at radius 1 is 0.627 bits per heavy atom. The van der Waals surface area contributed by atoms with E-state index in [0.717, 1.165) is 61.7 Å². The quantitative estimate of drug-likeness (QED) is 0.0700. The van der Waals surface area contributed by atoms with Crippen molar-refractivity contribution in [1.82, 2.24) is 40.3 Å². The molecule has 6 aromatic heterocycles. The van der Waals surface area contributed by atoms with E-state index in [-0.39, 0.29) is 15.5 Å². The van der Waals surface area contributed by atoms with Crippen LogP contribution in [0.2, 0.25) is 5.15 Å². The molecule has 296 valence electrons. The van der Waals surface area contributed by atoms with Gasteiger partial charge in [-0.2, -0.15) is 10.2 Å². The van der Waals surface area contributed by atoms with Crippen molar-refractivity contribution >= 4 is 113 Å². The van der Waals surface area contributed by atoms with Crippen molar-refractivity contribution in [2.24, 2.45) is 0 Å². The molecule has 4 aromatic carbocycles. The van der Waals surface area contributed by atoms with E-state index < -0.39 is 19.7 Å². The maximum atomic E-state index is 11.7. The number of halogens is 1. The number of H-pyrrole nitrogens is 2. The van der Waals surface area contributed by atoms with Gasteiger partial charge in [0.05, 0.1) is 23.4 Å². The number of aromatic nitrogens is 8. The molecule has 0 bridgehead atoms. The second kappa shape index (κ2) is 16.1. The lowest BCUT2D eigenvalue weighted by Crippen LogP contribution is -2.05. The van der Waals surface area contributed by atoms with Gasteiger partial charge >= 0.3 is 0 Å². The van der Waals surface area contributed by atoms with Crippen molar-refractivity contribution in [3.05, 3.63) is 127 Å². The number of fused-ring (bicyclic) bond motifs is 4. The summed E-state index contributed by atoms with van der Waals surface area (Å²) in [6.07, 6.45) is 8.41. The van der Waals surface area contributed by atoms with Crippen LogP contribution in [-0.4, -0.2) is 69.7 Å². The Morgan fingerprint density at radius 3 is 1.69 bits per heavy atom. The van der Waals surface area contributed by atoms with E-state index in [1.54, 1.807) is 34.9 Å². The van der Waals surface area contributed by atoms with Crippen LogP contribution in [0.25, 0.3) is 62.9 Å². The first kappa shape index (κ1) is 39.5. The topological polar surface area (TPSA) is 215 Å². The lowest BCUT2D eigenvalue weighted by molar-refractivity contribution is 0.591. The Balaban J connectivity index is 0.000000138. The maximum absolute atomic E-state index is 11.7. The number of benzene rings is 4. The van der Waals surface area contributed by atoms with Crippen molar-refractivity contribution in [3.8, 4) is 20.9 Å². The maximum Gasteiger partial charge on any atom is 0.248 e. The predicted octanol–water partition coefficient (Wildman–Crippen LogP) is 8.94. The number of aromatic amines is 2. The number of nitrogens with two attached hydrogens (primary N) is 1. The molecule has 0 atom stereocenters. The molecule has 0 radical (unpaired) electrons. The molecule has 0 saturated carbocycles. The molecule has 10 rings (SSSR count). The largest absolute Gasteiger partial charge is 0.399 e. The average molecular weight is 879 g/mol. The van der Waals surface area contributed by atoms with Crippen LogP contribution in [0.15, 0.2) is 132 Å². The molecule has 0 aliphatic rings. The molecule has 5 N–H and O–H groups in total. The highest BCUT2D eigenvalue weighted by Crippen LogP contribution is 2.39. The smallest absolute Gasteiger partial charge is 0.248 e. The highest BCUT2D eigenvalue weighted by Gasteiger charge is 2.15. The van der Waals surface area contributed by atoms with Crippen molar-refractivity contribution in [2.75, 3.05) is 23.6 Å². The Kier molecular flexibility index (Phi) is 10.8. The summed E-state index contributed by atoms with van der Waals surface area (Å²) in [4.78, 5) is 17.3. The molecule has 0 aliphatic carbocycles. The molecule has 0 aliphatic heterocycles. The highest BCUT2D eigenvalue weighted by atomic mass is 35.5. The van der Waals surface area contributed by atoms with Gasteiger partial charge in [0, 0.05) is 77.3 Å². The molecule has 0 unspecified atom stereocenters. The van der Waals surface area contributed by atoms with Crippen LogP contribution >= 0.6 is 34.3 Å². The van der Waals surface area contributed by atoms with Crippen LogP contribution in [0.4, 0.5) is 17.2 Å². The first-order valence-corrected chi connectivity index (χ1v) is 23.2. The fourth-order valence-corrected chi connectivity index (χ4v) is 9.45. The molecular formula is C40H31ClN10O4S4. The van der Waals surface area contributed by atoms with Gasteiger partial charge in [0.25, 0.3) is 0 Å². The SMILES string of the molecule is CS(=O)(=O)c1nccc(Cl)n1.CS(=O)(=O)c1nccc(Nc2cc(-c3cc4ccccc4s3)c3[nH]ncc3c2)n1.Nc1cc(-c2cc3ccccc3s2)c2[nH]ncc2c1. The summed E-state index contributed by atoms with van der Waals surface area (Å²) < 4.78 is 47.6. The second-order valence-corrected chi connectivity index (χ2v) is 19.5. The lowest BCUT2D eigenvalue weighted by atomic mass is 10.1. The Morgan fingerprint density at radius 2 is 1.15 bits per heavy atom. The van der Waals surface area contributed by atoms with Gasteiger partial charge in [-0.25, -0.2) is 36.8 Å². The second-order valence-electron chi connectivity index (χ2n) is 13.1. The standard InChI is InChI=1S/C20H15N5O2S2.C15H11N3S.C5H5ClN2O2S/c1-29(26,27)20-21-7-6-18(24-20)23-14-8-13-11-22-25-19(13)15(10-14)17-9-12-4-2-3-5-16(12)28-17;16-11-5-10-8-17-18-15(10)12(7-11)14-6-9-3-1-2-4-13(9)19-14;1-11(9,10)5-7-3-2-4(6)8-5/h2-11H,1H3,(H,22,25)(H,21,23,24);1-8H,16H2,(H,17,18);2-3H,1H3. The summed E-state index contributed by atoms with van der Waals surface area (Å²) in [7, 11) is -6.82. The van der Waals surface area contributed by atoms with Gasteiger partial charge in [-0.1, -0.05) is 48.0 Å². The van der Waals surface area contributed by atoms with Crippen LogP contribution in [0.5, 0.6) is 0 Å². The summed E-state index contributed by atoms with van der Waals surface area (Å²) in [5.41, 5.74) is 11.6. The highest BCUT2D eigenvalue weighted by molar-refractivity contribution is 7.90. The molecule has 0 fully saturated rings. The first-order chi connectivity index (χ1) is 28.3. The van der Waals surface area contributed by atoms with Crippen molar-refractivity contribution in [2.45, 2.75) is 10.3 Å². The fraction of sp³-hybridized carbons (Fsp3) is 0.0500. The number of nitrogens with one attached hydrogen (secondary N) is 3. The monoisotopic (exact) mass is 878 g/mol. The summed E-state index contributed by atoms with van der Waals surface area (Å²) >= 11 is 8.92. The van der Waals surface area contributed by atoms with Gasteiger partial charge in [0.1, 0.15) is 11.0 Å². The number of thiophene rings is 2. The van der Waals surface area contributed by atoms with Crippen molar-refractivity contribution < 1.29 is 16.8 Å². The number of hydrogen-bond acceptors (Lipinski definition) is 14. The summed E-state index contributed by atoms with van der Waals surface area (Å²) in [5.74, 6) is 0.408. The molecular weight excluding hydrogens is 848 g/mol. The van der Waals surface area contributed by atoms with Gasteiger partial charge in [-0.05, 0) is 71.4 Å². The van der Waals surface area contributed by atoms with E-state index >= 15 is 0 Å². The summed E-state index contributed by atoms with van der Waals surface area (Å²) in [6.45, 7) is 0.